The zero-order valence-electron chi connectivity index (χ0n) is 16.4. The van der Waals surface area contributed by atoms with Gasteiger partial charge in [0.15, 0.2) is 0 Å². The SMILES string of the molecule is O=C(Nc1ccccc1)Nc1ccc(C(=O)N2CCN(c3cnccn3)CC2)cc1. The van der Waals surface area contributed by atoms with Crippen molar-refractivity contribution in [2.75, 3.05) is 41.7 Å². The van der Waals surface area contributed by atoms with Gasteiger partial charge in [0.05, 0.1) is 6.20 Å². The van der Waals surface area contributed by atoms with E-state index in [2.05, 4.69) is 25.5 Å². The summed E-state index contributed by atoms with van der Waals surface area (Å²) in [5.41, 5.74) is 1.92. The molecule has 0 saturated carbocycles. The van der Waals surface area contributed by atoms with Crippen LogP contribution in [0.5, 0.6) is 0 Å². The van der Waals surface area contributed by atoms with Crippen molar-refractivity contribution >= 4 is 29.1 Å². The second-order valence-electron chi connectivity index (χ2n) is 6.87. The minimum atomic E-state index is -0.333. The van der Waals surface area contributed by atoms with Gasteiger partial charge < -0.3 is 20.4 Å². The van der Waals surface area contributed by atoms with Gasteiger partial charge in [-0.25, -0.2) is 9.78 Å². The van der Waals surface area contributed by atoms with Gasteiger partial charge in [-0.1, -0.05) is 18.2 Å². The molecule has 152 valence electrons. The number of para-hydroxylation sites is 1. The maximum atomic E-state index is 12.8. The van der Waals surface area contributed by atoms with Crippen LogP contribution in [-0.4, -0.2) is 53.0 Å². The Labute approximate surface area is 174 Å². The first-order chi connectivity index (χ1) is 14.7. The van der Waals surface area contributed by atoms with Gasteiger partial charge in [0.25, 0.3) is 5.91 Å². The highest BCUT2D eigenvalue weighted by Gasteiger charge is 2.22. The van der Waals surface area contributed by atoms with Crippen LogP contribution in [0.3, 0.4) is 0 Å². The van der Waals surface area contributed by atoms with Gasteiger partial charge >= 0.3 is 6.03 Å². The molecule has 3 amide bonds. The number of anilines is 3. The highest BCUT2D eigenvalue weighted by Crippen LogP contribution is 2.16. The molecule has 0 aliphatic carbocycles. The molecule has 2 aromatic carbocycles. The van der Waals surface area contributed by atoms with E-state index in [0.29, 0.717) is 43.1 Å². The minimum absolute atomic E-state index is 0.0194. The number of benzene rings is 2. The number of aromatic nitrogens is 2. The monoisotopic (exact) mass is 402 g/mol. The molecule has 0 radical (unpaired) electrons. The first kappa shape index (κ1) is 19.4. The van der Waals surface area contributed by atoms with Gasteiger partial charge in [0.2, 0.25) is 0 Å². The highest BCUT2D eigenvalue weighted by molar-refractivity contribution is 6.00. The van der Waals surface area contributed by atoms with Crippen LogP contribution in [0.4, 0.5) is 22.0 Å². The first-order valence-electron chi connectivity index (χ1n) is 9.72. The molecule has 1 aliphatic rings. The van der Waals surface area contributed by atoms with Crippen molar-refractivity contribution in [2.24, 2.45) is 0 Å². The van der Waals surface area contributed by atoms with E-state index in [1.54, 1.807) is 42.9 Å². The minimum Gasteiger partial charge on any atom is -0.352 e. The lowest BCUT2D eigenvalue weighted by atomic mass is 10.1. The molecule has 0 unspecified atom stereocenters. The molecule has 1 fully saturated rings. The van der Waals surface area contributed by atoms with Crippen molar-refractivity contribution in [1.82, 2.24) is 14.9 Å². The third-order valence-electron chi connectivity index (χ3n) is 4.86. The van der Waals surface area contributed by atoms with E-state index in [0.717, 1.165) is 5.82 Å². The second kappa shape index (κ2) is 9.04. The number of carbonyl (C=O) groups is 2. The fourth-order valence-corrected chi connectivity index (χ4v) is 3.29. The average Bonchev–Trinajstić information content (AvgIpc) is 2.80. The first-order valence-corrected chi connectivity index (χ1v) is 9.72. The smallest absolute Gasteiger partial charge is 0.323 e. The van der Waals surface area contributed by atoms with E-state index in [9.17, 15) is 9.59 Å². The fraction of sp³-hybridized carbons (Fsp3) is 0.182. The molecule has 3 aromatic rings. The summed E-state index contributed by atoms with van der Waals surface area (Å²) in [5.74, 6) is 0.808. The maximum absolute atomic E-state index is 12.8. The maximum Gasteiger partial charge on any atom is 0.323 e. The second-order valence-corrected chi connectivity index (χ2v) is 6.87. The Bertz CT molecular complexity index is 987. The summed E-state index contributed by atoms with van der Waals surface area (Å²) >= 11 is 0. The molecule has 8 nitrogen and oxygen atoms in total. The number of nitrogens with one attached hydrogen (secondary N) is 2. The summed E-state index contributed by atoms with van der Waals surface area (Å²) < 4.78 is 0. The standard InChI is InChI=1S/C22H22N6O2/c29-21(28-14-12-27(13-15-28)20-16-23-10-11-24-20)17-6-8-19(9-7-17)26-22(30)25-18-4-2-1-3-5-18/h1-11,16H,12-15H2,(H2,25,26,30). The summed E-state index contributed by atoms with van der Waals surface area (Å²) in [6.07, 6.45) is 5.05. The topological polar surface area (TPSA) is 90.5 Å². The Hall–Kier alpha value is -3.94. The number of amides is 3. The van der Waals surface area contributed by atoms with Crippen LogP contribution in [0.25, 0.3) is 0 Å². The number of carbonyl (C=O) groups excluding carboxylic acids is 2. The van der Waals surface area contributed by atoms with Crippen LogP contribution < -0.4 is 15.5 Å². The van der Waals surface area contributed by atoms with Crippen molar-refractivity contribution in [3.63, 3.8) is 0 Å². The van der Waals surface area contributed by atoms with Crippen LogP contribution in [0.1, 0.15) is 10.4 Å². The van der Waals surface area contributed by atoms with E-state index in [-0.39, 0.29) is 11.9 Å². The van der Waals surface area contributed by atoms with Gasteiger partial charge in [0.1, 0.15) is 5.82 Å². The molecule has 2 heterocycles. The molecule has 1 aromatic heterocycles. The Kier molecular flexibility index (Phi) is 5.84. The molecule has 0 atom stereocenters. The molecule has 4 rings (SSSR count). The lowest BCUT2D eigenvalue weighted by Gasteiger charge is -2.35. The number of hydrogen-bond donors (Lipinski definition) is 2. The van der Waals surface area contributed by atoms with E-state index in [1.165, 1.54) is 0 Å². The van der Waals surface area contributed by atoms with Gasteiger partial charge in [-0.05, 0) is 36.4 Å². The van der Waals surface area contributed by atoms with E-state index in [4.69, 9.17) is 0 Å². The zero-order chi connectivity index (χ0) is 20.8. The van der Waals surface area contributed by atoms with E-state index in [1.807, 2.05) is 35.2 Å². The molecule has 0 spiro atoms. The summed E-state index contributed by atoms with van der Waals surface area (Å²) in [5, 5.41) is 5.52. The fourth-order valence-electron chi connectivity index (χ4n) is 3.29. The predicted molar refractivity (Wildman–Crippen MR) is 116 cm³/mol. The van der Waals surface area contributed by atoms with Crippen LogP contribution in [0.15, 0.2) is 73.2 Å². The predicted octanol–water partition coefficient (Wildman–Crippen LogP) is 3.08. The molecular weight excluding hydrogens is 380 g/mol. The van der Waals surface area contributed by atoms with Crippen molar-refractivity contribution in [2.45, 2.75) is 0 Å². The molecule has 2 N–H and O–H groups in total. The van der Waals surface area contributed by atoms with E-state index >= 15 is 0 Å². The highest BCUT2D eigenvalue weighted by atomic mass is 16.2. The molecular formula is C22H22N6O2. The number of hydrogen-bond acceptors (Lipinski definition) is 5. The van der Waals surface area contributed by atoms with Gasteiger partial charge in [-0.15, -0.1) is 0 Å². The van der Waals surface area contributed by atoms with Gasteiger partial charge in [0, 0.05) is 55.5 Å². The quantitative estimate of drug-likeness (QED) is 0.700. The summed E-state index contributed by atoms with van der Waals surface area (Å²) in [7, 11) is 0. The molecule has 30 heavy (non-hydrogen) atoms. The van der Waals surface area contributed by atoms with Crippen LogP contribution in [0, 0.1) is 0 Å². The third-order valence-corrected chi connectivity index (χ3v) is 4.86. The summed E-state index contributed by atoms with van der Waals surface area (Å²) in [6, 6.07) is 15.8. The Morgan fingerprint density at radius 3 is 2.10 bits per heavy atom. The Balaban J connectivity index is 1.30. The lowest BCUT2D eigenvalue weighted by molar-refractivity contribution is 0.0746. The zero-order valence-corrected chi connectivity index (χ0v) is 16.4. The van der Waals surface area contributed by atoms with Gasteiger partial charge in [-0.3, -0.25) is 9.78 Å². The summed E-state index contributed by atoms with van der Waals surface area (Å²) in [6.45, 7) is 2.66. The summed E-state index contributed by atoms with van der Waals surface area (Å²) in [4.78, 5) is 37.2. The normalized spacial score (nSPS) is 13.6. The van der Waals surface area contributed by atoms with Crippen LogP contribution in [-0.2, 0) is 0 Å². The van der Waals surface area contributed by atoms with Crippen LogP contribution in [0.2, 0.25) is 0 Å². The van der Waals surface area contributed by atoms with Crippen molar-refractivity contribution in [1.29, 1.82) is 0 Å². The van der Waals surface area contributed by atoms with Gasteiger partial charge in [-0.2, -0.15) is 0 Å². The molecule has 1 aliphatic heterocycles. The lowest BCUT2D eigenvalue weighted by Crippen LogP contribution is -2.49. The van der Waals surface area contributed by atoms with Crippen molar-refractivity contribution in [3.05, 3.63) is 78.8 Å². The Morgan fingerprint density at radius 2 is 1.47 bits per heavy atom. The number of piperazine rings is 1. The molecule has 8 heteroatoms. The number of urea groups is 1. The molecule has 0 bridgehead atoms. The van der Waals surface area contributed by atoms with Crippen molar-refractivity contribution in [3.8, 4) is 0 Å². The van der Waals surface area contributed by atoms with Crippen LogP contribution >= 0.6 is 0 Å². The number of rotatable bonds is 4. The molecule has 1 saturated heterocycles. The average molecular weight is 402 g/mol. The van der Waals surface area contributed by atoms with Crippen molar-refractivity contribution < 1.29 is 9.59 Å². The number of nitrogens with zero attached hydrogens (tertiary/aromatic N) is 4. The Morgan fingerprint density at radius 1 is 0.800 bits per heavy atom. The largest absolute Gasteiger partial charge is 0.352 e. The third kappa shape index (κ3) is 4.72. The van der Waals surface area contributed by atoms with E-state index < -0.39 is 0 Å².